The maximum Gasteiger partial charge on any atom is 0.322 e. The average Bonchev–Trinajstić information content (AvgIpc) is 2.52. The second-order valence-corrected chi connectivity index (χ2v) is 2.45. The molecule has 0 aromatic heterocycles. The predicted octanol–water partition coefficient (Wildman–Crippen LogP) is 0.450. The van der Waals surface area contributed by atoms with Crippen molar-refractivity contribution in [1.29, 1.82) is 0 Å². The first kappa shape index (κ1) is 8.04. The van der Waals surface area contributed by atoms with Crippen LogP contribution in [0.2, 0.25) is 0 Å². The topological polar surface area (TPSA) is 44.7 Å². The van der Waals surface area contributed by atoms with Crippen LogP contribution in [0.3, 0.4) is 0 Å². The highest BCUT2D eigenvalue weighted by Crippen LogP contribution is 1.92. The van der Waals surface area contributed by atoms with E-state index in [9.17, 15) is 4.79 Å². The molecule has 0 atom stereocenters. The van der Waals surface area contributed by atoms with Gasteiger partial charge in [0.15, 0.2) is 0 Å². The van der Waals surface area contributed by atoms with E-state index in [1.807, 2.05) is 6.92 Å². The monoisotopic (exact) mass is 155 g/mol. The van der Waals surface area contributed by atoms with Crippen molar-refractivity contribution in [3.63, 3.8) is 0 Å². The highest BCUT2D eigenvalue weighted by atomic mass is 16.2. The van der Waals surface area contributed by atoms with Gasteiger partial charge in [-0.1, -0.05) is 6.92 Å². The molecule has 1 rings (SSSR count). The molecule has 1 heterocycles. The Labute approximate surface area is 66.3 Å². The van der Waals surface area contributed by atoms with Gasteiger partial charge < -0.3 is 5.32 Å². The van der Waals surface area contributed by atoms with E-state index in [0.717, 1.165) is 26.1 Å². The number of carbonyl (C=O) groups excluding carboxylic acids is 1. The van der Waals surface area contributed by atoms with Crippen molar-refractivity contribution in [3.05, 3.63) is 0 Å². The van der Waals surface area contributed by atoms with Crippen LogP contribution in [-0.4, -0.2) is 36.9 Å². The van der Waals surface area contributed by atoms with Crippen LogP contribution in [0.15, 0.2) is 4.99 Å². The molecule has 0 bridgehead atoms. The standard InChI is InChI=1S/C7H13N3O/c1-2-3-9-7(11)10-5-4-8-6-10/h6H,2-5H2,1H3,(H,9,11). The van der Waals surface area contributed by atoms with Gasteiger partial charge in [-0.25, -0.2) is 4.79 Å². The molecule has 0 radical (unpaired) electrons. The highest BCUT2D eigenvalue weighted by Gasteiger charge is 2.12. The Morgan fingerprint density at radius 2 is 2.64 bits per heavy atom. The summed E-state index contributed by atoms with van der Waals surface area (Å²) >= 11 is 0. The quantitative estimate of drug-likeness (QED) is 0.618. The van der Waals surface area contributed by atoms with E-state index >= 15 is 0 Å². The van der Waals surface area contributed by atoms with Crippen LogP contribution in [0.1, 0.15) is 13.3 Å². The number of urea groups is 1. The van der Waals surface area contributed by atoms with E-state index in [-0.39, 0.29) is 6.03 Å². The summed E-state index contributed by atoms with van der Waals surface area (Å²) in [6.07, 6.45) is 2.56. The molecule has 0 saturated carbocycles. The Morgan fingerprint density at radius 1 is 1.82 bits per heavy atom. The van der Waals surface area contributed by atoms with Crippen molar-refractivity contribution < 1.29 is 4.79 Å². The normalized spacial score (nSPS) is 15.5. The summed E-state index contributed by atoms with van der Waals surface area (Å²) in [7, 11) is 0. The molecule has 1 N–H and O–H groups in total. The summed E-state index contributed by atoms with van der Waals surface area (Å²) in [6.45, 7) is 4.22. The van der Waals surface area contributed by atoms with Crippen molar-refractivity contribution in [2.45, 2.75) is 13.3 Å². The van der Waals surface area contributed by atoms with Crippen LogP contribution < -0.4 is 5.32 Å². The van der Waals surface area contributed by atoms with Gasteiger partial charge in [0.1, 0.15) is 0 Å². The Morgan fingerprint density at radius 3 is 3.18 bits per heavy atom. The minimum absolute atomic E-state index is 0.0342. The van der Waals surface area contributed by atoms with Gasteiger partial charge in [0, 0.05) is 13.1 Å². The van der Waals surface area contributed by atoms with Gasteiger partial charge in [-0.15, -0.1) is 0 Å². The van der Waals surface area contributed by atoms with Crippen LogP contribution in [0.4, 0.5) is 4.79 Å². The maximum atomic E-state index is 11.1. The molecule has 2 amide bonds. The zero-order valence-electron chi connectivity index (χ0n) is 6.71. The maximum absolute atomic E-state index is 11.1. The second kappa shape index (κ2) is 3.95. The number of aliphatic imine (C=N–C) groups is 1. The number of nitrogens with zero attached hydrogens (tertiary/aromatic N) is 2. The summed E-state index contributed by atoms with van der Waals surface area (Å²) in [6, 6.07) is -0.0342. The fraction of sp³-hybridized carbons (Fsp3) is 0.714. The SMILES string of the molecule is CCCNC(=O)N1C=NCC1. The molecule has 0 aromatic rings. The third-order valence-corrected chi connectivity index (χ3v) is 1.48. The lowest BCUT2D eigenvalue weighted by molar-refractivity contribution is 0.224. The van der Waals surface area contributed by atoms with Crippen LogP contribution in [0.25, 0.3) is 0 Å². The highest BCUT2D eigenvalue weighted by molar-refractivity contribution is 5.87. The minimum Gasteiger partial charge on any atom is -0.338 e. The Balaban J connectivity index is 2.23. The molecule has 1 aliphatic rings. The molecule has 62 valence electrons. The molecule has 0 aliphatic carbocycles. The second-order valence-electron chi connectivity index (χ2n) is 2.45. The summed E-state index contributed by atoms with van der Waals surface area (Å²) in [4.78, 5) is 16.7. The number of carbonyl (C=O) groups is 1. The van der Waals surface area contributed by atoms with Gasteiger partial charge in [0.2, 0.25) is 0 Å². The number of rotatable bonds is 2. The summed E-state index contributed by atoms with van der Waals surface area (Å²) < 4.78 is 0. The van der Waals surface area contributed by atoms with Crippen molar-refractivity contribution in [1.82, 2.24) is 10.2 Å². The summed E-state index contributed by atoms with van der Waals surface area (Å²) in [5.41, 5.74) is 0. The van der Waals surface area contributed by atoms with Crippen molar-refractivity contribution in [3.8, 4) is 0 Å². The van der Waals surface area contributed by atoms with Crippen molar-refractivity contribution >= 4 is 12.4 Å². The molecule has 0 spiro atoms. The summed E-state index contributed by atoms with van der Waals surface area (Å²) in [5.74, 6) is 0. The number of hydrogen-bond acceptors (Lipinski definition) is 2. The molecule has 1 aliphatic heterocycles. The lowest BCUT2D eigenvalue weighted by Gasteiger charge is -2.11. The van der Waals surface area contributed by atoms with Crippen LogP contribution in [-0.2, 0) is 0 Å². The molecule has 0 saturated heterocycles. The first-order valence-corrected chi connectivity index (χ1v) is 3.89. The zero-order valence-corrected chi connectivity index (χ0v) is 6.71. The third-order valence-electron chi connectivity index (χ3n) is 1.48. The zero-order chi connectivity index (χ0) is 8.10. The van der Waals surface area contributed by atoms with E-state index in [4.69, 9.17) is 0 Å². The van der Waals surface area contributed by atoms with Gasteiger partial charge in [-0.3, -0.25) is 9.89 Å². The molecule has 0 unspecified atom stereocenters. The summed E-state index contributed by atoms with van der Waals surface area (Å²) in [5, 5.41) is 2.77. The predicted molar refractivity (Wildman–Crippen MR) is 43.8 cm³/mol. The van der Waals surface area contributed by atoms with Gasteiger partial charge in [-0.05, 0) is 6.42 Å². The molecular formula is C7H13N3O. The van der Waals surface area contributed by atoms with Crippen molar-refractivity contribution in [2.24, 2.45) is 4.99 Å². The third kappa shape index (κ3) is 2.22. The van der Waals surface area contributed by atoms with E-state index in [2.05, 4.69) is 10.3 Å². The van der Waals surface area contributed by atoms with E-state index in [0.29, 0.717) is 0 Å². The van der Waals surface area contributed by atoms with Gasteiger partial charge >= 0.3 is 6.03 Å². The first-order valence-electron chi connectivity index (χ1n) is 3.89. The number of nitrogens with one attached hydrogen (secondary N) is 1. The van der Waals surface area contributed by atoms with E-state index < -0.39 is 0 Å². The van der Waals surface area contributed by atoms with Gasteiger partial charge in [-0.2, -0.15) is 0 Å². The van der Waals surface area contributed by atoms with Crippen LogP contribution in [0, 0.1) is 0 Å². The molecule has 0 aromatic carbocycles. The Bertz CT molecular complexity index is 167. The largest absolute Gasteiger partial charge is 0.338 e. The van der Waals surface area contributed by atoms with Gasteiger partial charge in [0.05, 0.1) is 12.9 Å². The minimum atomic E-state index is -0.0342. The lowest BCUT2D eigenvalue weighted by Crippen LogP contribution is -2.38. The first-order chi connectivity index (χ1) is 5.34. The number of amides is 2. The Hall–Kier alpha value is -1.06. The molecule has 0 fully saturated rings. The van der Waals surface area contributed by atoms with E-state index in [1.165, 1.54) is 0 Å². The average molecular weight is 155 g/mol. The fourth-order valence-corrected chi connectivity index (χ4v) is 0.867. The fourth-order valence-electron chi connectivity index (χ4n) is 0.867. The molecule has 11 heavy (non-hydrogen) atoms. The number of hydrogen-bond donors (Lipinski definition) is 1. The van der Waals surface area contributed by atoms with Gasteiger partial charge in [0.25, 0.3) is 0 Å². The molecule has 4 nitrogen and oxygen atoms in total. The van der Waals surface area contributed by atoms with Crippen LogP contribution in [0.5, 0.6) is 0 Å². The Kier molecular flexibility index (Phi) is 2.89. The lowest BCUT2D eigenvalue weighted by atomic mass is 10.5. The smallest absolute Gasteiger partial charge is 0.322 e. The molecule has 4 heteroatoms. The van der Waals surface area contributed by atoms with Crippen molar-refractivity contribution in [2.75, 3.05) is 19.6 Å². The molecular weight excluding hydrogens is 142 g/mol. The van der Waals surface area contributed by atoms with E-state index in [1.54, 1.807) is 11.2 Å². The van der Waals surface area contributed by atoms with Crippen LogP contribution >= 0.6 is 0 Å².